The van der Waals surface area contributed by atoms with Gasteiger partial charge in [-0.05, 0) is 41.6 Å². The second-order valence-corrected chi connectivity index (χ2v) is 10.8. The Balaban J connectivity index is 1.58. The van der Waals surface area contributed by atoms with Crippen LogP contribution in [0.15, 0.2) is 58.1 Å². The summed E-state index contributed by atoms with van der Waals surface area (Å²) >= 11 is 0.727. The van der Waals surface area contributed by atoms with Gasteiger partial charge in [0.05, 0.1) is 28.9 Å². The van der Waals surface area contributed by atoms with Crippen LogP contribution in [-0.4, -0.2) is 52.5 Å². The lowest BCUT2D eigenvalue weighted by Gasteiger charge is -2.20. The number of nitrogens with zero attached hydrogens (tertiary/aromatic N) is 4. The van der Waals surface area contributed by atoms with Crippen LogP contribution in [0.4, 0.5) is 5.69 Å². The zero-order chi connectivity index (χ0) is 26.0. The first-order chi connectivity index (χ1) is 17.1. The summed E-state index contributed by atoms with van der Waals surface area (Å²) in [4.78, 5) is 27.2. The number of methoxy groups -OCH3 is 1. The first kappa shape index (κ1) is 25.1. The number of thioether (sulfide) groups is 1. The number of hydrogen-bond acceptors (Lipinski definition) is 10. The number of aliphatic imine (C=N–C) groups is 1. The number of nitrogens with one attached hydrogen (secondary N) is 1. The van der Waals surface area contributed by atoms with E-state index in [2.05, 4.69) is 10.1 Å². The van der Waals surface area contributed by atoms with Crippen molar-refractivity contribution in [3.05, 3.63) is 69.3 Å². The quantitative estimate of drug-likeness (QED) is 0.322. The Hall–Kier alpha value is -4.04. The molecular weight excluding hydrogens is 510 g/mol. The maximum atomic E-state index is 12.6. The van der Waals surface area contributed by atoms with Crippen LogP contribution >= 0.6 is 11.8 Å². The molecule has 0 saturated carbocycles. The lowest BCUT2D eigenvalue weighted by atomic mass is 10.1. The first-order valence-electron chi connectivity index (χ1n) is 10.4. The van der Waals surface area contributed by atoms with Crippen LogP contribution < -0.4 is 9.47 Å². The SMILES string of the molecule is CCS(=O)(=O)C1=NN2C(=N)/C(=C\c3ccc(OCc4ccccc4[N+](=O)[O-])c(OC)c3)C(=O)N=C2S1. The highest BCUT2D eigenvalue weighted by Gasteiger charge is 2.39. The zero-order valence-electron chi connectivity index (χ0n) is 19.0. The van der Waals surface area contributed by atoms with Crippen LogP contribution in [0.1, 0.15) is 18.1 Å². The van der Waals surface area contributed by atoms with Crippen molar-refractivity contribution in [2.45, 2.75) is 13.5 Å². The molecule has 0 saturated heterocycles. The molecule has 0 spiro atoms. The number of rotatable bonds is 7. The standard InChI is InChI=1S/C22H19N5O7S2/c1-3-36(31,32)22-25-26-19(23)15(20(28)24-21(26)35-22)10-13-8-9-17(18(11-13)33-2)34-12-14-6-4-5-7-16(14)27(29)30/h4-11,23H,3,12H2,1-2H3/b15-10+,23-19?. The van der Waals surface area contributed by atoms with E-state index in [1.54, 1.807) is 36.4 Å². The molecule has 0 aromatic heterocycles. The van der Waals surface area contributed by atoms with Crippen molar-refractivity contribution in [1.29, 1.82) is 5.41 Å². The minimum atomic E-state index is -3.63. The van der Waals surface area contributed by atoms with Gasteiger partial charge in [-0.1, -0.05) is 25.1 Å². The molecule has 0 aliphatic carbocycles. The normalized spacial score (nSPS) is 16.5. The minimum Gasteiger partial charge on any atom is -0.493 e. The molecule has 2 aliphatic heterocycles. The molecule has 2 aliphatic rings. The lowest BCUT2D eigenvalue weighted by molar-refractivity contribution is -0.385. The smallest absolute Gasteiger partial charge is 0.283 e. The zero-order valence-corrected chi connectivity index (χ0v) is 20.6. The summed E-state index contributed by atoms with van der Waals surface area (Å²) in [5, 5.41) is 24.6. The highest BCUT2D eigenvalue weighted by Crippen LogP contribution is 2.33. The Bertz CT molecular complexity index is 1480. The monoisotopic (exact) mass is 529 g/mol. The van der Waals surface area contributed by atoms with E-state index in [1.807, 2.05) is 0 Å². The van der Waals surface area contributed by atoms with Gasteiger partial charge in [-0.25, -0.2) is 8.42 Å². The van der Waals surface area contributed by atoms with Gasteiger partial charge >= 0.3 is 0 Å². The maximum absolute atomic E-state index is 12.6. The molecule has 0 fully saturated rings. The predicted octanol–water partition coefficient (Wildman–Crippen LogP) is 3.19. The number of ether oxygens (including phenoxy) is 2. The summed E-state index contributed by atoms with van der Waals surface area (Å²) in [5.74, 6) is -0.573. The van der Waals surface area contributed by atoms with E-state index in [0.29, 0.717) is 22.6 Å². The van der Waals surface area contributed by atoms with Gasteiger partial charge < -0.3 is 9.47 Å². The second-order valence-electron chi connectivity index (χ2n) is 7.37. The average molecular weight is 530 g/mol. The van der Waals surface area contributed by atoms with E-state index in [1.165, 1.54) is 26.2 Å². The molecule has 36 heavy (non-hydrogen) atoms. The molecule has 186 valence electrons. The Morgan fingerprint density at radius 1 is 1.22 bits per heavy atom. The molecule has 14 heteroatoms. The lowest BCUT2D eigenvalue weighted by Crippen LogP contribution is -2.35. The molecule has 1 amide bonds. The minimum absolute atomic E-state index is 0.00510. The highest BCUT2D eigenvalue weighted by atomic mass is 32.3. The number of amides is 1. The Kier molecular flexibility index (Phi) is 6.90. The Morgan fingerprint density at radius 2 is 1.97 bits per heavy atom. The van der Waals surface area contributed by atoms with Crippen molar-refractivity contribution in [2.24, 2.45) is 10.1 Å². The molecule has 0 atom stereocenters. The van der Waals surface area contributed by atoms with Crippen LogP contribution in [0.2, 0.25) is 0 Å². The number of hydrogen-bond donors (Lipinski definition) is 1. The molecule has 2 aromatic carbocycles. The summed E-state index contributed by atoms with van der Waals surface area (Å²) in [6.07, 6.45) is 1.41. The van der Waals surface area contributed by atoms with Gasteiger partial charge in [0, 0.05) is 6.07 Å². The third kappa shape index (κ3) is 4.85. The van der Waals surface area contributed by atoms with Crippen molar-refractivity contribution in [3.63, 3.8) is 0 Å². The summed E-state index contributed by atoms with van der Waals surface area (Å²) in [6.45, 7) is 1.41. The van der Waals surface area contributed by atoms with Crippen molar-refractivity contribution in [2.75, 3.05) is 12.9 Å². The molecular formula is C22H19N5O7S2. The summed E-state index contributed by atoms with van der Waals surface area (Å²) in [7, 11) is -2.21. The molecule has 2 heterocycles. The van der Waals surface area contributed by atoms with Crippen LogP contribution in [0.3, 0.4) is 0 Å². The van der Waals surface area contributed by atoms with Crippen molar-refractivity contribution in [1.82, 2.24) is 5.01 Å². The fourth-order valence-electron chi connectivity index (χ4n) is 3.25. The van der Waals surface area contributed by atoms with E-state index < -0.39 is 20.7 Å². The molecule has 12 nitrogen and oxygen atoms in total. The number of nitro benzene ring substituents is 1. The first-order valence-corrected chi connectivity index (χ1v) is 12.9. The topological polar surface area (TPSA) is 165 Å². The van der Waals surface area contributed by atoms with Crippen LogP contribution in [0.5, 0.6) is 11.5 Å². The number of para-hydroxylation sites is 1. The fraction of sp³-hybridized carbons (Fsp3) is 0.182. The van der Waals surface area contributed by atoms with Crippen molar-refractivity contribution in [3.8, 4) is 11.5 Å². The summed E-state index contributed by atoms with van der Waals surface area (Å²) in [5.41, 5.74) is 0.714. The number of hydrazone groups is 1. The van der Waals surface area contributed by atoms with Gasteiger partial charge in [-0.2, -0.15) is 10.0 Å². The average Bonchev–Trinajstić information content (AvgIpc) is 3.30. The Labute approximate surface area is 209 Å². The van der Waals surface area contributed by atoms with E-state index in [9.17, 15) is 23.3 Å². The van der Waals surface area contributed by atoms with E-state index in [0.717, 1.165) is 16.8 Å². The molecule has 4 rings (SSSR count). The van der Waals surface area contributed by atoms with E-state index in [4.69, 9.17) is 14.9 Å². The van der Waals surface area contributed by atoms with Crippen molar-refractivity contribution < 1.29 is 27.6 Å². The third-order valence-corrected chi connectivity index (χ3v) is 8.24. The maximum Gasteiger partial charge on any atom is 0.283 e. The van der Waals surface area contributed by atoms with Crippen LogP contribution in [0, 0.1) is 15.5 Å². The number of amidine groups is 2. The number of benzene rings is 2. The van der Waals surface area contributed by atoms with Crippen LogP contribution in [0.25, 0.3) is 6.08 Å². The van der Waals surface area contributed by atoms with E-state index in [-0.39, 0.29) is 39.0 Å². The largest absolute Gasteiger partial charge is 0.493 e. The van der Waals surface area contributed by atoms with Gasteiger partial charge in [0.25, 0.3) is 11.6 Å². The van der Waals surface area contributed by atoms with E-state index >= 15 is 0 Å². The van der Waals surface area contributed by atoms with Gasteiger partial charge in [0.1, 0.15) is 6.61 Å². The van der Waals surface area contributed by atoms with Crippen molar-refractivity contribution >= 4 is 54.6 Å². The fourth-order valence-corrected chi connectivity index (χ4v) is 5.41. The number of sulfone groups is 1. The van der Waals surface area contributed by atoms with Gasteiger partial charge in [-0.3, -0.25) is 20.3 Å². The van der Waals surface area contributed by atoms with Gasteiger partial charge in [0.15, 0.2) is 17.3 Å². The number of carbonyl (C=O) groups is 1. The number of fused-ring (bicyclic) bond motifs is 1. The van der Waals surface area contributed by atoms with Crippen LogP contribution in [-0.2, 0) is 21.2 Å². The number of carbonyl (C=O) groups excluding carboxylic acids is 1. The second kappa shape index (κ2) is 9.91. The molecule has 0 unspecified atom stereocenters. The summed E-state index contributed by atoms with van der Waals surface area (Å²) in [6, 6.07) is 11.0. The van der Waals surface area contributed by atoms with Gasteiger partial charge in [-0.15, -0.1) is 5.10 Å². The third-order valence-electron chi connectivity index (χ3n) is 5.15. The molecule has 0 radical (unpaired) electrons. The molecule has 1 N–H and O–H groups in total. The van der Waals surface area contributed by atoms with Gasteiger partial charge in [0.2, 0.25) is 19.4 Å². The Morgan fingerprint density at radius 3 is 2.67 bits per heavy atom. The number of nitro groups is 1. The highest BCUT2D eigenvalue weighted by molar-refractivity contribution is 8.42. The summed E-state index contributed by atoms with van der Waals surface area (Å²) < 4.78 is 35.2. The predicted molar refractivity (Wildman–Crippen MR) is 135 cm³/mol. The molecule has 2 aromatic rings. The molecule has 0 bridgehead atoms.